The summed E-state index contributed by atoms with van der Waals surface area (Å²) in [7, 11) is 2.03. The Balaban J connectivity index is 2.22. The van der Waals surface area contributed by atoms with E-state index in [0.717, 1.165) is 6.42 Å². The summed E-state index contributed by atoms with van der Waals surface area (Å²) in [4.78, 5) is 0. The normalized spacial score (nSPS) is 12.7. The SMILES string of the molecule is CNC(Cc1cc(C)ccc1C)c1csc(Br)c1. The van der Waals surface area contributed by atoms with Crippen molar-refractivity contribution in [3.8, 4) is 0 Å². The molecule has 1 atom stereocenters. The minimum absolute atomic E-state index is 0.382. The highest BCUT2D eigenvalue weighted by Gasteiger charge is 2.13. The molecule has 2 aromatic rings. The first-order valence-electron chi connectivity index (χ1n) is 6.07. The molecule has 96 valence electrons. The van der Waals surface area contributed by atoms with Crippen LogP contribution in [-0.2, 0) is 6.42 Å². The van der Waals surface area contributed by atoms with Crippen molar-refractivity contribution < 1.29 is 0 Å². The van der Waals surface area contributed by atoms with Crippen LogP contribution in [0.5, 0.6) is 0 Å². The highest BCUT2D eigenvalue weighted by Crippen LogP contribution is 2.28. The molecule has 0 saturated heterocycles. The van der Waals surface area contributed by atoms with E-state index in [1.165, 1.54) is 26.0 Å². The lowest BCUT2D eigenvalue weighted by Crippen LogP contribution is -2.18. The number of aryl methyl sites for hydroxylation is 2. The van der Waals surface area contributed by atoms with Crippen molar-refractivity contribution in [2.75, 3.05) is 7.05 Å². The minimum atomic E-state index is 0.382. The van der Waals surface area contributed by atoms with E-state index in [-0.39, 0.29) is 0 Å². The molecule has 1 N–H and O–H groups in total. The number of halogens is 1. The summed E-state index contributed by atoms with van der Waals surface area (Å²) in [6, 6.07) is 9.26. The van der Waals surface area contributed by atoms with Gasteiger partial charge in [-0.2, -0.15) is 0 Å². The van der Waals surface area contributed by atoms with Crippen LogP contribution >= 0.6 is 27.3 Å². The van der Waals surface area contributed by atoms with Crippen molar-refractivity contribution >= 4 is 27.3 Å². The van der Waals surface area contributed by atoms with Gasteiger partial charge in [0.15, 0.2) is 0 Å². The number of hydrogen-bond acceptors (Lipinski definition) is 2. The second kappa shape index (κ2) is 6.00. The maximum Gasteiger partial charge on any atom is 0.0701 e. The fourth-order valence-electron chi connectivity index (χ4n) is 2.13. The van der Waals surface area contributed by atoms with Crippen molar-refractivity contribution in [1.82, 2.24) is 5.32 Å². The summed E-state index contributed by atoms with van der Waals surface area (Å²) in [6.45, 7) is 4.34. The van der Waals surface area contributed by atoms with Crippen LogP contribution in [0.15, 0.2) is 33.4 Å². The van der Waals surface area contributed by atoms with E-state index in [0.29, 0.717) is 6.04 Å². The monoisotopic (exact) mass is 323 g/mol. The Kier molecular flexibility index (Phi) is 4.60. The molecule has 0 aliphatic rings. The number of nitrogens with one attached hydrogen (secondary N) is 1. The Bertz CT molecular complexity index is 533. The van der Waals surface area contributed by atoms with Gasteiger partial charge >= 0.3 is 0 Å². The van der Waals surface area contributed by atoms with E-state index < -0.39 is 0 Å². The number of likely N-dealkylation sites (N-methyl/N-ethyl adjacent to an activating group) is 1. The lowest BCUT2D eigenvalue weighted by atomic mass is 9.96. The van der Waals surface area contributed by atoms with E-state index in [4.69, 9.17) is 0 Å². The van der Waals surface area contributed by atoms with Crippen molar-refractivity contribution in [1.29, 1.82) is 0 Å². The summed E-state index contributed by atoms with van der Waals surface area (Å²) < 4.78 is 1.19. The highest BCUT2D eigenvalue weighted by atomic mass is 79.9. The summed E-state index contributed by atoms with van der Waals surface area (Å²) in [5, 5.41) is 5.63. The summed E-state index contributed by atoms with van der Waals surface area (Å²) in [5.74, 6) is 0. The number of benzene rings is 1. The highest BCUT2D eigenvalue weighted by molar-refractivity contribution is 9.11. The van der Waals surface area contributed by atoms with Crippen LogP contribution in [0.25, 0.3) is 0 Å². The summed E-state index contributed by atoms with van der Waals surface area (Å²) >= 11 is 5.27. The Morgan fingerprint density at radius 2 is 2.06 bits per heavy atom. The first kappa shape index (κ1) is 13.8. The zero-order chi connectivity index (χ0) is 13.1. The molecule has 0 fully saturated rings. The van der Waals surface area contributed by atoms with Gasteiger partial charge in [-0.05, 0) is 71.4 Å². The third kappa shape index (κ3) is 3.22. The van der Waals surface area contributed by atoms with Gasteiger partial charge in [-0.25, -0.2) is 0 Å². The van der Waals surface area contributed by atoms with Crippen LogP contribution in [0.3, 0.4) is 0 Å². The predicted octanol–water partition coefficient (Wildman–Crippen LogP) is 4.63. The lowest BCUT2D eigenvalue weighted by molar-refractivity contribution is 0.592. The zero-order valence-corrected chi connectivity index (χ0v) is 13.4. The van der Waals surface area contributed by atoms with Gasteiger partial charge in [-0.15, -0.1) is 11.3 Å². The molecule has 1 aromatic carbocycles. The molecule has 0 saturated carbocycles. The molecule has 1 heterocycles. The molecule has 2 rings (SSSR count). The van der Waals surface area contributed by atoms with Crippen LogP contribution in [0.1, 0.15) is 28.3 Å². The van der Waals surface area contributed by atoms with Crippen molar-refractivity contribution in [3.63, 3.8) is 0 Å². The average Bonchev–Trinajstić information content (AvgIpc) is 2.77. The zero-order valence-electron chi connectivity index (χ0n) is 11.0. The molecular weight excluding hydrogens is 306 g/mol. The molecule has 0 spiro atoms. The topological polar surface area (TPSA) is 12.0 Å². The van der Waals surface area contributed by atoms with Gasteiger partial charge in [-0.1, -0.05) is 23.8 Å². The number of rotatable bonds is 4. The summed E-state index contributed by atoms with van der Waals surface area (Å²) in [6.07, 6.45) is 1.03. The summed E-state index contributed by atoms with van der Waals surface area (Å²) in [5.41, 5.74) is 5.49. The smallest absolute Gasteiger partial charge is 0.0701 e. The molecule has 18 heavy (non-hydrogen) atoms. The van der Waals surface area contributed by atoms with Gasteiger partial charge in [0.25, 0.3) is 0 Å². The molecule has 1 unspecified atom stereocenters. The molecule has 0 radical (unpaired) electrons. The number of hydrogen-bond donors (Lipinski definition) is 1. The Morgan fingerprint density at radius 1 is 1.28 bits per heavy atom. The van der Waals surface area contributed by atoms with Gasteiger partial charge in [-0.3, -0.25) is 0 Å². The third-order valence-corrected chi connectivity index (χ3v) is 4.79. The molecule has 0 bridgehead atoms. The van der Waals surface area contributed by atoms with E-state index in [9.17, 15) is 0 Å². The lowest BCUT2D eigenvalue weighted by Gasteiger charge is -2.17. The van der Waals surface area contributed by atoms with Gasteiger partial charge in [0, 0.05) is 6.04 Å². The third-order valence-electron chi connectivity index (χ3n) is 3.27. The van der Waals surface area contributed by atoms with Gasteiger partial charge in [0.1, 0.15) is 0 Å². The second-order valence-electron chi connectivity index (χ2n) is 4.66. The largest absolute Gasteiger partial charge is 0.313 e. The maximum absolute atomic E-state index is 3.53. The van der Waals surface area contributed by atoms with Crippen molar-refractivity contribution in [2.45, 2.75) is 26.3 Å². The van der Waals surface area contributed by atoms with Crippen molar-refractivity contribution in [3.05, 3.63) is 55.7 Å². The van der Waals surface area contributed by atoms with Crippen LogP contribution in [0.4, 0.5) is 0 Å². The second-order valence-corrected chi connectivity index (χ2v) is 6.95. The van der Waals surface area contributed by atoms with Crippen LogP contribution in [-0.4, -0.2) is 7.05 Å². The average molecular weight is 324 g/mol. The molecule has 0 aliphatic carbocycles. The Morgan fingerprint density at radius 3 is 2.67 bits per heavy atom. The minimum Gasteiger partial charge on any atom is -0.313 e. The Hall–Kier alpha value is -0.640. The first-order chi connectivity index (χ1) is 8.60. The Labute approximate surface area is 121 Å². The maximum atomic E-state index is 3.53. The molecule has 1 nitrogen and oxygen atoms in total. The predicted molar refractivity (Wildman–Crippen MR) is 83.4 cm³/mol. The van der Waals surface area contributed by atoms with Gasteiger partial charge < -0.3 is 5.32 Å². The fraction of sp³-hybridized carbons (Fsp3) is 0.333. The quantitative estimate of drug-likeness (QED) is 0.864. The molecule has 0 amide bonds. The van der Waals surface area contributed by atoms with E-state index in [1.807, 2.05) is 7.05 Å². The van der Waals surface area contributed by atoms with E-state index in [1.54, 1.807) is 11.3 Å². The van der Waals surface area contributed by atoms with E-state index >= 15 is 0 Å². The molecular formula is C15H18BrNS. The van der Waals surface area contributed by atoms with Crippen molar-refractivity contribution in [2.24, 2.45) is 0 Å². The molecule has 1 aromatic heterocycles. The molecule has 0 aliphatic heterocycles. The van der Waals surface area contributed by atoms with Gasteiger partial charge in [0.2, 0.25) is 0 Å². The van der Waals surface area contributed by atoms with Crippen LogP contribution in [0, 0.1) is 13.8 Å². The number of thiophene rings is 1. The molecule has 3 heteroatoms. The van der Waals surface area contributed by atoms with Crippen LogP contribution < -0.4 is 5.32 Å². The first-order valence-corrected chi connectivity index (χ1v) is 7.74. The standard InChI is InChI=1S/C15H18BrNS/c1-10-4-5-11(2)12(6-10)7-14(17-3)13-8-15(16)18-9-13/h4-6,8-9,14,17H,7H2,1-3H3. The van der Waals surface area contributed by atoms with Crippen LogP contribution in [0.2, 0.25) is 0 Å². The van der Waals surface area contributed by atoms with Gasteiger partial charge in [0.05, 0.1) is 3.79 Å². The fourth-order valence-corrected chi connectivity index (χ4v) is 3.36. The van der Waals surface area contributed by atoms with E-state index in [2.05, 4.69) is 64.7 Å².